The topological polar surface area (TPSA) is 55.1 Å². The number of rotatable bonds is 6. The highest BCUT2D eigenvalue weighted by atomic mass is 35.5. The minimum Gasteiger partial charge on any atom is -0.349 e. The zero-order valence-electron chi connectivity index (χ0n) is 12.9. The van der Waals surface area contributed by atoms with Gasteiger partial charge in [0, 0.05) is 11.4 Å². The van der Waals surface area contributed by atoms with Crippen molar-refractivity contribution in [2.24, 2.45) is 11.7 Å². The standard InChI is InChI=1S/C16H24N2OS.ClH/c1-11-4-5-12(2)14(8-11)20-9-15(19)18-16(3,10-17)13-6-7-13;/h4-5,8,13H,6-7,9-10,17H2,1-3H3,(H,18,19);1H. The highest BCUT2D eigenvalue weighted by Crippen LogP contribution is 2.39. The molecule has 1 unspecified atom stereocenters. The van der Waals surface area contributed by atoms with Crippen LogP contribution < -0.4 is 11.1 Å². The van der Waals surface area contributed by atoms with Crippen molar-refractivity contribution in [1.29, 1.82) is 0 Å². The number of carbonyl (C=O) groups is 1. The Hall–Kier alpha value is -0.710. The number of nitrogens with two attached hydrogens (primary N) is 1. The van der Waals surface area contributed by atoms with Gasteiger partial charge in [0.05, 0.1) is 11.3 Å². The van der Waals surface area contributed by atoms with E-state index in [1.165, 1.54) is 28.9 Å². The van der Waals surface area contributed by atoms with Crippen molar-refractivity contribution in [3.63, 3.8) is 0 Å². The monoisotopic (exact) mass is 328 g/mol. The van der Waals surface area contributed by atoms with Crippen LogP contribution in [0.2, 0.25) is 0 Å². The summed E-state index contributed by atoms with van der Waals surface area (Å²) in [5.41, 5.74) is 8.05. The zero-order chi connectivity index (χ0) is 14.8. The van der Waals surface area contributed by atoms with Gasteiger partial charge in [0.1, 0.15) is 0 Å². The molecular formula is C16H25ClN2OS. The number of hydrogen-bond acceptors (Lipinski definition) is 3. The molecule has 0 aliphatic heterocycles. The molecule has 1 aromatic rings. The van der Waals surface area contributed by atoms with Crippen molar-refractivity contribution in [3.05, 3.63) is 29.3 Å². The molecule has 0 aromatic heterocycles. The van der Waals surface area contributed by atoms with E-state index in [0.29, 0.717) is 18.2 Å². The summed E-state index contributed by atoms with van der Waals surface area (Å²) in [7, 11) is 0. The summed E-state index contributed by atoms with van der Waals surface area (Å²) in [6, 6.07) is 6.33. The first-order chi connectivity index (χ1) is 9.44. The first-order valence-electron chi connectivity index (χ1n) is 7.16. The molecule has 118 valence electrons. The van der Waals surface area contributed by atoms with Crippen LogP contribution in [0.3, 0.4) is 0 Å². The fourth-order valence-corrected chi connectivity index (χ4v) is 3.32. The van der Waals surface area contributed by atoms with Gasteiger partial charge in [0.15, 0.2) is 0 Å². The first-order valence-corrected chi connectivity index (χ1v) is 8.14. The summed E-state index contributed by atoms with van der Waals surface area (Å²) in [6.45, 7) is 6.72. The normalized spacial score (nSPS) is 16.8. The Bertz CT molecular complexity index is 505. The Labute approximate surface area is 137 Å². The van der Waals surface area contributed by atoms with Crippen LogP contribution in [0.15, 0.2) is 23.1 Å². The van der Waals surface area contributed by atoms with E-state index in [1.54, 1.807) is 11.8 Å². The summed E-state index contributed by atoms with van der Waals surface area (Å²) >= 11 is 1.60. The van der Waals surface area contributed by atoms with Gasteiger partial charge in [-0.2, -0.15) is 0 Å². The van der Waals surface area contributed by atoms with E-state index in [-0.39, 0.29) is 23.9 Å². The van der Waals surface area contributed by atoms with Crippen molar-refractivity contribution in [2.45, 2.75) is 44.0 Å². The van der Waals surface area contributed by atoms with Crippen molar-refractivity contribution >= 4 is 30.1 Å². The molecule has 1 aliphatic carbocycles. The van der Waals surface area contributed by atoms with E-state index in [2.05, 4.69) is 44.3 Å². The predicted molar refractivity (Wildman–Crippen MR) is 92.2 cm³/mol. The van der Waals surface area contributed by atoms with Gasteiger partial charge < -0.3 is 11.1 Å². The van der Waals surface area contributed by atoms with Crippen molar-refractivity contribution in [1.82, 2.24) is 5.32 Å². The van der Waals surface area contributed by atoms with Crippen molar-refractivity contribution in [3.8, 4) is 0 Å². The van der Waals surface area contributed by atoms with Crippen LogP contribution in [0, 0.1) is 19.8 Å². The fourth-order valence-electron chi connectivity index (χ4n) is 2.40. The second kappa shape index (κ2) is 7.52. The third-order valence-corrected chi connectivity index (χ3v) is 5.19. The summed E-state index contributed by atoms with van der Waals surface area (Å²) < 4.78 is 0. The average Bonchev–Trinajstić information content (AvgIpc) is 3.24. The molecule has 1 fully saturated rings. The minimum atomic E-state index is -0.223. The van der Waals surface area contributed by atoms with Gasteiger partial charge in [-0.15, -0.1) is 24.2 Å². The maximum absolute atomic E-state index is 12.1. The lowest BCUT2D eigenvalue weighted by Gasteiger charge is -2.29. The number of halogens is 1. The van der Waals surface area contributed by atoms with Gasteiger partial charge in [0.2, 0.25) is 5.91 Å². The molecular weight excluding hydrogens is 304 g/mol. The largest absolute Gasteiger partial charge is 0.349 e. The van der Waals surface area contributed by atoms with Gasteiger partial charge >= 0.3 is 0 Å². The molecule has 1 saturated carbocycles. The summed E-state index contributed by atoms with van der Waals surface area (Å²) in [5, 5.41) is 3.12. The molecule has 0 spiro atoms. The Morgan fingerprint density at radius 2 is 2.10 bits per heavy atom. The second-order valence-corrected chi connectivity index (χ2v) is 7.02. The molecule has 1 aromatic carbocycles. The van der Waals surface area contributed by atoms with Crippen LogP contribution in [0.4, 0.5) is 0 Å². The molecule has 3 N–H and O–H groups in total. The molecule has 5 heteroatoms. The molecule has 1 aliphatic rings. The van der Waals surface area contributed by atoms with Crippen LogP contribution in [-0.4, -0.2) is 23.7 Å². The number of thioether (sulfide) groups is 1. The summed E-state index contributed by atoms with van der Waals surface area (Å²) in [5.74, 6) is 1.09. The molecule has 0 bridgehead atoms. The van der Waals surface area contributed by atoms with Gasteiger partial charge in [-0.3, -0.25) is 4.79 Å². The smallest absolute Gasteiger partial charge is 0.230 e. The summed E-state index contributed by atoms with van der Waals surface area (Å²) in [6.07, 6.45) is 2.36. The maximum Gasteiger partial charge on any atom is 0.230 e. The third kappa shape index (κ3) is 4.90. The van der Waals surface area contributed by atoms with Crippen LogP contribution in [0.1, 0.15) is 30.9 Å². The highest BCUT2D eigenvalue weighted by molar-refractivity contribution is 8.00. The molecule has 0 saturated heterocycles. The van der Waals surface area contributed by atoms with E-state index < -0.39 is 0 Å². The minimum absolute atomic E-state index is 0. The van der Waals surface area contributed by atoms with E-state index >= 15 is 0 Å². The zero-order valence-corrected chi connectivity index (χ0v) is 14.6. The quantitative estimate of drug-likeness (QED) is 0.789. The molecule has 0 heterocycles. The van der Waals surface area contributed by atoms with Crippen LogP contribution in [-0.2, 0) is 4.79 Å². The second-order valence-electron chi connectivity index (χ2n) is 6.00. The van der Waals surface area contributed by atoms with Gasteiger partial charge in [-0.05, 0) is 51.2 Å². The maximum atomic E-state index is 12.1. The van der Waals surface area contributed by atoms with E-state index in [4.69, 9.17) is 5.73 Å². The Morgan fingerprint density at radius 1 is 1.43 bits per heavy atom. The highest BCUT2D eigenvalue weighted by Gasteiger charge is 2.41. The van der Waals surface area contributed by atoms with Gasteiger partial charge in [0.25, 0.3) is 0 Å². The average molecular weight is 329 g/mol. The van der Waals surface area contributed by atoms with Crippen molar-refractivity contribution < 1.29 is 4.79 Å². The van der Waals surface area contributed by atoms with E-state index in [9.17, 15) is 4.79 Å². The molecule has 0 radical (unpaired) electrons. The molecule has 1 amide bonds. The number of nitrogens with one attached hydrogen (secondary N) is 1. The molecule has 21 heavy (non-hydrogen) atoms. The Kier molecular flexibility index (Phi) is 6.57. The van der Waals surface area contributed by atoms with Gasteiger partial charge in [-0.25, -0.2) is 0 Å². The first kappa shape index (κ1) is 18.3. The molecule has 1 atom stereocenters. The Balaban J connectivity index is 0.00000220. The fraction of sp³-hybridized carbons (Fsp3) is 0.562. The summed E-state index contributed by atoms with van der Waals surface area (Å²) in [4.78, 5) is 13.3. The number of aryl methyl sites for hydroxylation is 2. The lowest BCUT2D eigenvalue weighted by Crippen LogP contribution is -2.53. The van der Waals surface area contributed by atoms with Crippen LogP contribution in [0.5, 0.6) is 0 Å². The third-order valence-electron chi connectivity index (χ3n) is 4.03. The SMILES string of the molecule is Cc1ccc(C)c(SCC(=O)NC(C)(CN)C2CC2)c1.Cl. The lowest BCUT2D eigenvalue weighted by atomic mass is 9.96. The number of carbonyl (C=O) groups excluding carboxylic acids is 1. The molecule has 3 nitrogen and oxygen atoms in total. The predicted octanol–water partition coefficient (Wildman–Crippen LogP) is 3.06. The molecule has 2 rings (SSSR count). The number of benzene rings is 1. The van der Waals surface area contributed by atoms with E-state index in [1.807, 2.05) is 0 Å². The number of amides is 1. The Morgan fingerprint density at radius 3 is 2.67 bits per heavy atom. The van der Waals surface area contributed by atoms with Gasteiger partial charge in [-0.1, -0.05) is 17.7 Å². The van der Waals surface area contributed by atoms with Crippen LogP contribution >= 0.6 is 24.2 Å². The van der Waals surface area contributed by atoms with Crippen molar-refractivity contribution in [2.75, 3.05) is 12.3 Å². The lowest BCUT2D eigenvalue weighted by molar-refractivity contribution is -0.120. The van der Waals surface area contributed by atoms with E-state index in [0.717, 1.165) is 0 Å². The number of hydrogen-bond donors (Lipinski definition) is 2. The van der Waals surface area contributed by atoms with Crippen LogP contribution in [0.25, 0.3) is 0 Å².